The third kappa shape index (κ3) is 1.65. The van der Waals surface area contributed by atoms with Gasteiger partial charge >= 0.3 is 0 Å². The van der Waals surface area contributed by atoms with Gasteiger partial charge in [-0.05, 0) is 30.5 Å². The first-order chi connectivity index (χ1) is 6.81. The van der Waals surface area contributed by atoms with Gasteiger partial charge in [-0.2, -0.15) is 0 Å². The van der Waals surface area contributed by atoms with Crippen molar-refractivity contribution < 1.29 is 9.53 Å². The molecule has 0 heterocycles. The summed E-state index contributed by atoms with van der Waals surface area (Å²) in [7, 11) is 0. The number of ketones is 1. The van der Waals surface area contributed by atoms with Crippen LogP contribution in [0.4, 0.5) is 0 Å². The molecule has 0 aromatic heterocycles. The van der Waals surface area contributed by atoms with E-state index in [4.69, 9.17) is 4.74 Å². The molecule has 2 nitrogen and oxygen atoms in total. The maximum absolute atomic E-state index is 11.3. The highest BCUT2D eigenvalue weighted by molar-refractivity contribution is 5.83. The molecule has 0 unspecified atom stereocenters. The molecule has 74 valence electrons. The van der Waals surface area contributed by atoms with Gasteiger partial charge in [0.25, 0.3) is 0 Å². The molecule has 0 N–H and O–H groups in total. The monoisotopic (exact) mass is 190 g/mol. The van der Waals surface area contributed by atoms with Crippen LogP contribution in [-0.2, 0) is 17.6 Å². The van der Waals surface area contributed by atoms with E-state index in [-0.39, 0.29) is 0 Å². The Labute approximate surface area is 83.9 Å². The highest BCUT2D eigenvalue weighted by Gasteiger charge is 2.18. The molecule has 0 amide bonds. The lowest BCUT2D eigenvalue weighted by atomic mass is 9.90. The predicted octanol–water partition coefficient (Wildman–Crippen LogP) is 2.14. The van der Waals surface area contributed by atoms with Crippen molar-refractivity contribution in [3.05, 3.63) is 29.3 Å². The van der Waals surface area contributed by atoms with Gasteiger partial charge in [0.05, 0.1) is 6.61 Å². The number of carbonyl (C=O) groups is 1. The molecule has 1 aromatic rings. The Bertz CT molecular complexity index is 355. The van der Waals surface area contributed by atoms with Gasteiger partial charge in [0.2, 0.25) is 0 Å². The number of benzene rings is 1. The quantitative estimate of drug-likeness (QED) is 0.714. The van der Waals surface area contributed by atoms with Crippen LogP contribution in [0.1, 0.15) is 24.5 Å². The lowest BCUT2D eigenvalue weighted by Gasteiger charge is -2.18. The van der Waals surface area contributed by atoms with Crippen molar-refractivity contribution in [3.63, 3.8) is 0 Å². The smallest absolute Gasteiger partial charge is 0.137 e. The van der Waals surface area contributed by atoms with E-state index in [0.29, 0.717) is 25.2 Å². The van der Waals surface area contributed by atoms with Gasteiger partial charge in [0.15, 0.2) is 0 Å². The summed E-state index contributed by atoms with van der Waals surface area (Å²) in [5.74, 6) is 1.30. The second-order valence-electron chi connectivity index (χ2n) is 3.54. The maximum atomic E-state index is 11.3. The van der Waals surface area contributed by atoms with Crippen LogP contribution in [-0.4, -0.2) is 12.4 Å². The standard InChI is InChI=1S/C12H14O2/c1-2-14-12-5-3-4-9-8-10(13)6-7-11(9)12/h3-5H,2,6-8H2,1H3. The molecule has 1 aliphatic carbocycles. The summed E-state index contributed by atoms with van der Waals surface area (Å²) >= 11 is 0. The van der Waals surface area contributed by atoms with Crippen molar-refractivity contribution in [1.82, 2.24) is 0 Å². The average molecular weight is 190 g/mol. The van der Waals surface area contributed by atoms with Crippen molar-refractivity contribution in [1.29, 1.82) is 0 Å². The van der Waals surface area contributed by atoms with Gasteiger partial charge < -0.3 is 4.74 Å². The first-order valence-electron chi connectivity index (χ1n) is 5.06. The van der Waals surface area contributed by atoms with Crippen molar-refractivity contribution in [2.45, 2.75) is 26.2 Å². The van der Waals surface area contributed by atoms with Crippen LogP contribution in [0.15, 0.2) is 18.2 Å². The van der Waals surface area contributed by atoms with E-state index < -0.39 is 0 Å². The fourth-order valence-corrected chi connectivity index (χ4v) is 1.92. The zero-order valence-electron chi connectivity index (χ0n) is 8.38. The molecule has 0 saturated carbocycles. The summed E-state index contributed by atoms with van der Waals surface area (Å²) in [6.07, 6.45) is 2.08. The van der Waals surface area contributed by atoms with Crippen LogP contribution >= 0.6 is 0 Å². The van der Waals surface area contributed by atoms with Crippen LogP contribution in [0.25, 0.3) is 0 Å². The molecular weight excluding hydrogens is 176 g/mol. The minimum atomic E-state index is 0.339. The fraction of sp³-hybridized carbons (Fsp3) is 0.417. The molecule has 0 aliphatic heterocycles. The largest absolute Gasteiger partial charge is 0.494 e. The Morgan fingerprint density at radius 1 is 1.36 bits per heavy atom. The maximum Gasteiger partial charge on any atom is 0.137 e. The summed E-state index contributed by atoms with van der Waals surface area (Å²) in [4.78, 5) is 11.3. The van der Waals surface area contributed by atoms with Crippen LogP contribution < -0.4 is 4.74 Å². The summed E-state index contributed by atoms with van der Waals surface area (Å²) in [6, 6.07) is 5.97. The van der Waals surface area contributed by atoms with Gasteiger partial charge in [0, 0.05) is 12.8 Å². The minimum absolute atomic E-state index is 0.339. The molecule has 0 saturated heterocycles. The van der Waals surface area contributed by atoms with Crippen LogP contribution in [0, 0.1) is 0 Å². The molecular formula is C12H14O2. The lowest BCUT2D eigenvalue weighted by Crippen LogP contribution is -2.14. The number of rotatable bonds is 2. The Balaban J connectivity index is 2.36. The van der Waals surface area contributed by atoms with E-state index >= 15 is 0 Å². The fourth-order valence-electron chi connectivity index (χ4n) is 1.92. The molecule has 0 bridgehead atoms. The zero-order valence-corrected chi connectivity index (χ0v) is 8.38. The Hall–Kier alpha value is -1.31. The second kappa shape index (κ2) is 3.82. The number of carbonyl (C=O) groups excluding carboxylic acids is 1. The third-order valence-electron chi connectivity index (χ3n) is 2.57. The molecule has 1 aliphatic rings. The van der Waals surface area contributed by atoms with Crippen molar-refractivity contribution in [2.24, 2.45) is 0 Å². The Morgan fingerprint density at radius 2 is 2.21 bits per heavy atom. The topological polar surface area (TPSA) is 26.3 Å². The molecule has 0 fully saturated rings. The molecule has 0 atom stereocenters. The predicted molar refractivity (Wildman–Crippen MR) is 54.6 cm³/mol. The second-order valence-corrected chi connectivity index (χ2v) is 3.54. The van der Waals surface area contributed by atoms with Gasteiger partial charge in [-0.15, -0.1) is 0 Å². The Morgan fingerprint density at radius 3 is 3.00 bits per heavy atom. The number of Topliss-reactive ketones (excluding diaryl/α,β-unsaturated/α-hetero) is 1. The zero-order chi connectivity index (χ0) is 9.97. The summed E-state index contributed by atoms with van der Waals surface area (Å²) in [6.45, 7) is 2.66. The molecule has 0 spiro atoms. The lowest BCUT2D eigenvalue weighted by molar-refractivity contribution is -0.118. The number of fused-ring (bicyclic) bond motifs is 1. The van der Waals surface area contributed by atoms with Gasteiger partial charge in [-0.3, -0.25) is 4.79 Å². The molecule has 0 radical (unpaired) electrons. The molecule has 2 heteroatoms. The van der Waals surface area contributed by atoms with Gasteiger partial charge in [-0.1, -0.05) is 12.1 Å². The molecule has 14 heavy (non-hydrogen) atoms. The van der Waals surface area contributed by atoms with Crippen molar-refractivity contribution >= 4 is 5.78 Å². The van der Waals surface area contributed by atoms with E-state index in [1.165, 1.54) is 5.56 Å². The Kier molecular flexibility index (Phi) is 2.53. The number of ether oxygens (including phenoxy) is 1. The van der Waals surface area contributed by atoms with Crippen LogP contribution in [0.5, 0.6) is 5.75 Å². The van der Waals surface area contributed by atoms with Gasteiger partial charge in [0.1, 0.15) is 11.5 Å². The van der Waals surface area contributed by atoms with Crippen molar-refractivity contribution in [2.75, 3.05) is 6.61 Å². The van der Waals surface area contributed by atoms with E-state index in [1.807, 2.05) is 25.1 Å². The SMILES string of the molecule is CCOc1cccc2c1CCC(=O)C2. The first-order valence-corrected chi connectivity index (χ1v) is 5.06. The minimum Gasteiger partial charge on any atom is -0.494 e. The highest BCUT2D eigenvalue weighted by Crippen LogP contribution is 2.28. The van der Waals surface area contributed by atoms with E-state index in [0.717, 1.165) is 17.7 Å². The summed E-state index contributed by atoms with van der Waals surface area (Å²) < 4.78 is 5.53. The van der Waals surface area contributed by atoms with Gasteiger partial charge in [-0.25, -0.2) is 0 Å². The molecule has 2 rings (SSSR count). The van der Waals surface area contributed by atoms with E-state index in [1.54, 1.807) is 0 Å². The number of hydrogen-bond acceptors (Lipinski definition) is 2. The summed E-state index contributed by atoms with van der Waals surface area (Å²) in [5.41, 5.74) is 2.38. The van der Waals surface area contributed by atoms with Crippen LogP contribution in [0.3, 0.4) is 0 Å². The average Bonchev–Trinajstić information content (AvgIpc) is 2.18. The third-order valence-corrected chi connectivity index (χ3v) is 2.57. The van der Waals surface area contributed by atoms with E-state index in [9.17, 15) is 4.79 Å². The highest BCUT2D eigenvalue weighted by atomic mass is 16.5. The molecule has 1 aromatic carbocycles. The van der Waals surface area contributed by atoms with Crippen molar-refractivity contribution in [3.8, 4) is 5.75 Å². The summed E-state index contributed by atoms with van der Waals surface area (Å²) in [5, 5.41) is 0. The first kappa shape index (κ1) is 9.25. The van der Waals surface area contributed by atoms with Crippen LogP contribution in [0.2, 0.25) is 0 Å². The number of hydrogen-bond donors (Lipinski definition) is 0. The normalized spacial score (nSPS) is 15.1. The van der Waals surface area contributed by atoms with E-state index in [2.05, 4.69) is 0 Å².